The van der Waals surface area contributed by atoms with Crippen LogP contribution in [0.5, 0.6) is 0 Å². The van der Waals surface area contributed by atoms with Gasteiger partial charge in [0.2, 0.25) is 0 Å². The monoisotopic (exact) mass is 460 g/mol. The third-order valence-electron chi connectivity index (χ3n) is 3.85. The molecule has 0 bridgehead atoms. The van der Waals surface area contributed by atoms with Crippen molar-refractivity contribution in [1.82, 2.24) is 0 Å². The molecule has 0 heterocycles. The SMILES string of the molecule is C=C(C)C(=O)OCC(CCC)(COC(=O)C(=C)C)C(=O)OCCCCS(=O)(=O)O.[H-].[H-].[Mg+2]. The summed E-state index contributed by atoms with van der Waals surface area (Å²) in [5.41, 5.74) is -1.13. The van der Waals surface area contributed by atoms with E-state index in [1.54, 1.807) is 6.92 Å². The van der Waals surface area contributed by atoms with Crippen LogP contribution in [-0.2, 0) is 38.7 Å². The fourth-order valence-electron chi connectivity index (χ4n) is 2.24. The fraction of sp³-hybridized carbons (Fsp3) is 0.632. The summed E-state index contributed by atoms with van der Waals surface area (Å²) in [6.07, 6.45) is 1.02. The maximum Gasteiger partial charge on any atom is 2.00 e. The van der Waals surface area contributed by atoms with Gasteiger partial charge < -0.3 is 17.1 Å². The predicted molar refractivity (Wildman–Crippen MR) is 113 cm³/mol. The number of hydrogen-bond acceptors (Lipinski definition) is 8. The van der Waals surface area contributed by atoms with Gasteiger partial charge in [0, 0.05) is 11.1 Å². The van der Waals surface area contributed by atoms with Crippen LogP contribution in [0.2, 0.25) is 0 Å². The van der Waals surface area contributed by atoms with Crippen molar-refractivity contribution in [1.29, 1.82) is 0 Å². The second kappa shape index (κ2) is 14.6. The smallest absolute Gasteiger partial charge is 1.00 e. The first-order valence-corrected chi connectivity index (χ1v) is 10.7. The molecule has 11 heteroatoms. The van der Waals surface area contributed by atoms with E-state index in [4.69, 9.17) is 18.8 Å². The van der Waals surface area contributed by atoms with Gasteiger partial charge in [-0.25, -0.2) is 9.59 Å². The molecule has 0 aliphatic heterocycles. The molecule has 0 aromatic heterocycles. The maximum atomic E-state index is 12.8. The first-order chi connectivity index (χ1) is 13.3. The van der Waals surface area contributed by atoms with Crippen LogP contribution in [0.1, 0.15) is 49.3 Å². The van der Waals surface area contributed by atoms with Crippen molar-refractivity contribution in [2.75, 3.05) is 25.6 Å². The number of carbonyl (C=O) groups excluding carboxylic acids is 3. The number of hydrogen-bond donors (Lipinski definition) is 1. The van der Waals surface area contributed by atoms with Gasteiger partial charge in [-0.1, -0.05) is 26.5 Å². The molecule has 0 aromatic rings. The Kier molecular flexibility index (Phi) is 14.9. The van der Waals surface area contributed by atoms with Gasteiger partial charge in [0.1, 0.15) is 18.6 Å². The normalized spacial score (nSPS) is 11.1. The van der Waals surface area contributed by atoms with E-state index in [2.05, 4.69) is 13.2 Å². The molecule has 0 atom stereocenters. The van der Waals surface area contributed by atoms with Crippen LogP contribution in [0.4, 0.5) is 0 Å². The average Bonchev–Trinajstić information content (AvgIpc) is 2.61. The molecule has 1 N–H and O–H groups in total. The van der Waals surface area contributed by atoms with Gasteiger partial charge in [-0.15, -0.1) is 0 Å². The molecular weight excluding hydrogens is 429 g/mol. The first-order valence-electron chi connectivity index (χ1n) is 9.12. The van der Waals surface area contributed by atoms with Crippen LogP contribution < -0.4 is 0 Å². The van der Waals surface area contributed by atoms with Crippen molar-refractivity contribution < 1.29 is 44.4 Å². The molecule has 9 nitrogen and oxygen atoms in total. The second-order valence-corrected chi connectivity index (χ2v) is 8.44. The largest absolute Gasteiger partial charge is 2.00 e. The first kappa shape index (κ1) is 30.8. The molecule has 0 fully saturated rings. The zero-order valence-corrected chi connectivity index (χ0v) is 20.1. The van der Waals surface area contributed by atoms with Gasteiger partial charge in [0.25, 0.3) is 10.1 Å². The van der Waals surface area contributed by atoms with Gasteiger partial charge in [0.15, 0.2) is 0 Å². The fourth-order valence-corrected chi connectivity index (χ4v) is 2.81. The Morgan fingerprint density at radius 2 is 1.43 bits per heavy atom. The Hall–Kier alpha value is -1.43. The van der Waals surface area contributed by atoms with E-state index in [-0.39, 0.29) is 76.1 Å². The minimum atomic E-state index is -4.09. The van der Waals surface area contributed by atoms with Crippen LogP contribution in [0.25, 0.3) is 0 Å². The second-order valence-electron chi connectivity index (χ2n) is 6.87. The number of ether oxygens (including phenoxy) is 3. The van der Waals surface area contributed by atoms with Crippen molar-refractivity contribution in [3.05, 3.63) is 24.3 Å². The van der Waals surface area contributed by atoms with Gasteiger partial charge in [0.05, 0.1) is 12.4 Å². The van der Waals surface area contributed by atoms with E-state index in [9.17, 15) is 22.8 Å². The summed E-state index contributed by atoms with van der Waals surface area (Å²) in [6.45, 7) is 10.8. The van der Waals surface area contributed by atoms with Crippen molar-refractivity contribution >= 4 is 51.1 Å². The number of carbonyl (C=O) groups is 3. The third kappa shape index (κ3) is 12.3. The summed E-state index contributed by atoms with van der Waals surface area (Å²) in [6, 6.07) is 0. The summed E-state index contributed by atoms with van der Waals surface area (Å²) in [5, 5.41) is 0. The third-order valence-corrected chi connectivity index (χ3v) is 4.65. The van der Waals surface area contributed by atoms with E-state index < -0.39 is 39.2 Å². The Morgan fingerprint density at radius 1 is 0.967 bits per heavy atom. The molecule has 0 aromatic carbocycles. The maximum absolute atomic E-state index is 12.8. The van der Waals surface area contributed by atoms with E-state index >= 15 is 0 Å². The standard InChI is InChI=1S/C19H30O9S.Mg.2H/c1-6-9-19(12-27-16(20)14(2)3,13-28-17(21)15(4)5)18(22)26-10-7-8-11-29(23,24)25;;;/h2,4,6-13H2,1,3,5H3,(H,23,24,25);;;/q;+2;2*-1. The minimum Gasteiger partial charge on any atom is -1.00 e. The predicted octanol–water partition coefficient (Wildman–Crippen LogP) is 2.07. The van der Waals surface area contributed by atoms with Crippen LogP contribution in [0.3, 0.4) is 0 Å². The minimum absolute atomic E-state index is 0. The van der Waals surface area contributed by atoms with Crippen molar-refractivity contribution in [2.24, 2.45) is 5.41 Å². The summed E-state index contributed by atoms with van der Waals surface area (Å²) in [4.78, 5) is 36.3. The molecule has 0 saturated carbocycles. The quantitative estimate of drug-likeness (QED) is 0.103. The molecule has 0 spiro atoms. The topological polar surface area (TPSA) is 133 Å². The molecule has 0 aliphatic rings. The summed E-state index contributed by atoms with van der Waals surface area (Å²) < 4.78 is 45.6. The van der Waals surface area contributed by atoms with Crippen LogP contribution >= 0.6 is 0 Å². The Morgan fingerprint density at radius 3 is 1.80 bits per heavy atom. The van der Waals surface area contributed by atoms with Crippen molar-refractivity contribution in [3.8, 4) is 0 Å². The number of esters is 3. The van der Waals surface area contributed by atoms with Crippen molar-refractivity contribution in [2.45, 2.75) is 46.5 Å². The van der Waals surface area contributed by atoms with E-state index in [0.717, 1.165) is 0 Å². The van der Waals surface area contributed by atoms with E-state index in [0.29, 0.717) is 6.42 Å². The molecule has 0 unspecified atom stereocenters. The Labute approximate surface area is 197 Å². The van der Waals surface area contributed by atoms with Crippen LogP contribution in [0.15, 0.2) is 24.3 Å². The Bertz CT molecular complexity index is 709. The molecule has 0 radical (unpaired) electrons. The van der Waals surface area contributed by atoms with Crippen LogP contribution in [0, 0.1) is 5.41 Å². The van der Waals surface area contributed by atoms with E-state index in [1.807, 2.05) is 0 Å². The zero-order valence-electron chi connectivity index (χ0n) is 19.9. The molecule has 0 amide bonds. The molecular formula is C19H32MgO9S. The van der Waals surface area contributed by atoms with Crippen molar-refractivity contribution in [3.63, 3.8) is 0 Å². The molecule has 170 valence electrons. The summed E-state index contributed by atoms with van der Waals surface area (Å²) >= 11 is 0. The van der Waals surface area contributed by atoms with E-state index in [1.165, 1.54) is 13.8 Å². The average molecular weight is 461 g/mol. The molecule has 30 heavy (non-hydrogen) atoms. The summed E-state index contributed by atoms with van der Waals surface area (Å²) in [5.74, 6) is -2.58. The Balaban J connectivity index is -0.00000131. The number of unbranched alkanes of at least 4 members (excludes halogenated alkanes) is 1. The van der Waals surface area contributed by atoms with Gasteiger partial charge in [-0.05, 0) is 33.1 Å². The number of rotatable bonds is 14. The molecule has 0 rings (SSSR count). The van der Waals surface area contributed by atoms with Gasteiger partial charge >= 0.3 is 41.0 Å². The zero-order chi connectivity index (χ0) is 22.7. The molecule has 0 aliphatic carbocycles. The summed E-state index contributed by atoms with van der Waals surface area (Å²) in [7, 11) is -4.09. The van der Waals surface area contributed by atoms with Gasteiger partial charge in [-0.3, -0.25) is 9.35 Å². The molecule has 0 saturated heterocycles. The van der Waals surface area contributed by atoms with Gasteiger partial charge in [-0.2, -0.15) is 8.42 Å². The van der Waals surface area contributed by atoms with Crippen LogP contribution in [-0.4, -0.2) is 79.5 Å².